The molecule has 2 N–H and O–H groups in total. The van der Waals surface area contributed by atoms with Gasteiger partial charge < -0.3 is 10.6 Å². The highest BCUT2D eigenvalue weighted by molar-refractivity contribution is 5.33. The highest BCUT2D eigenvalue weighted by Crippen LogP contribution is 2.27. The van der Waals surface area contributed by atoms with Crippen LogP contribution in [0.5, 0.6) is 0 Å². The lowest BCUT2D eigenvalue weighted by atomic mass is 9.96. The second-order valence-electron chi connectivity index (χ2n) is 5.96. The van der Waals surface area contributed by atoms with Crippen LogP contribution in [0.25, 0.3) is 0 Å². The lowest BCUT2D eigenvalue weighted by Crippen LogP contribution is -2.26. The molecule has 0 saturated heterocycles. The third kappa shape index (κ3) is 3.17. The van der Waals surface area contributed by atoms with Gasteiger partial charge in [-0.3, -0.25) is 0 Å². The van der Waals surface area contributed by atoms with E-state index in [-0.39, 0.29) is 0 Å². The van der Waals surface area contributed by atoms with Crippen molar-refractivity contribution in [3.8, 4) is 0 Å². The van der Waals surface area contributed by atoms with E-state index in [0.717, 1.165) is 19.5 Å². The topological polar surface area (TPSA) is 24.1 Å². The van der Waals surface area contributed by atoms with Crippen molar-refractivity contribution in [3.05, 3.63) is 70.8 Å². The zero-order chi connectivity index (χ0) is 14.7. The standard InChI is InChI=1S/C19H24N2/c1-14-7-3-5-9-17(14)15(2)21-19-11-12-20-13-16-8-4-6-10-18(16)19/h3-10,15,19-21H,11-13H2,1-2H3/t15-,19?/m0/s1. The van der Waals surface area contributed by atoms with Crippen LogP contribution in [0, 0.1) is 6.92 Å². The molecule has 0 aliphatic carbocycles. The maximum Gasteiger partial charge on any atom is 0.0340 e. The van der Waals surface area contributed by atoms with E-state index < -0.39 is 0 Å². The Kier molecular flexibility index (Phi) is 4.37. The number of aryl methyl sites for hydroxylation is 1. The van der Waals surface area contributed by atoms with Gasteiger partial charge in [-0.2, -0.15) is 0 Å². The molecule has 2 aromatic carbocycles. The van der Waals surface area contributed by atoms with Gasteiger partial charge in [-0.25, -0.2) is 0 Å². The van der Waals surface area contributed by atoms with Crippen molar-refractivity contribution in [1.29, 1.82) is 0 Å². The molecule has 3 rings (SSSR count). The first-order valence-corrected chi connectivity index (χ1v) is 7.86. The van der Waals surface area contributed by atoms with Gasteiger partial charge in [0.25, 0.3) is 0 Å². The first kappa shape index (κ1) is 14.3. The fourth-order valence-corrected chi connectivity index (χ4v) is 3.30. The molecule has 110 valence electrons. The highest BCUT2D eigenvalue weighted by atomic mass is 15.0. The third-order valence-corrected chi connectivity index (χ3v) is 4.46. The molecule has 1 unspecified atom stereocenters. The SMILES string of the molecule is Cc1ccccc1[C@H](C)NC1CCNCc2ccccc21. The first-order valence-electron chi connectivity index (χ1n) is 7.86. The Morgan fingerprint density at radius 1 is 1.10 bits per heavy atom. The van der Waals surface area contributed by atoms with E-state index in [4.69, 9.17) is 0 Å². The van der Waals surface area contributed by atoms with E-state index in [1.165, 1.54) is 22.3 Å². The molecule has 21 heavy (non-hydrogen) atoms. The Bertz CT molecular complexity index is 606. The quantitative estimate of drug-likeness (QED) is 0.891. The van der Waals surface area contributed by atoms with E-state index in [0.29, 0.717) is 12.1 Å². The van der Waals surface area contributed by atoms with Gasteiger partial charge in [0.2, 0.25) is 0 Å². The van der Waals surface area contributed by atoms with Crippen LogP contribution >= 0.6 is 0 Å². The third-order valence-electron chi connectivity index (χ3n) is 4.46. The molecule has 1 heterocycles. The van der Waals surface area contributed by atoms with Crippen LogP contribution in [0.2, 0.25) is 0 Å². The zero-order valence-electron chi connectivity index (χ0n) is 12.9. The van der Waals surface area contributed by atoms with Gasteiger partial charge in [0.05, 0.1) is 0 Å². The predicted molar refractivity (Wildman–Crippen MR) is 88.2 cm³/mol. The average molecular weight is 280 g/mol. The van der Waals surface area contributed by atoms with E-state index in [1.807, 2.05) is 0 Å². The summed E-state index contributed by atoms with van der Waals surface area (Å²) in [5.74, 6) is 0. The number of rotatable bonds is 3. The molecule has 2 aromatic rings. The maximum atomic E-state index is 3.83. The molecule has 2 heteroatoms. The Morgan fingerprint density at radius 2 is 1.86 bits per heavy atom. The summed E-state index contributed by atoms with van der Waals surface area (Å²) >= 11 is 0. The molecule has 0 radical (unpaired) electrons. The van der Waals surface area contributed by atoms with E-state index in [2.05, 4.69) is 73.0 Å². The van der Waals surface area contributed by atoms with Crippen molar-refractivity contribution in [2.45, 2.75) is 38.9 Å². The number of fused-ring (bicyclic) bond motifs is 1. The van der Waals surface area contributed by atoms with Crippen molar-refractivity contribution in [1.82, 2.24) is 10.6 Å². The summed E-state index contributed by atoms with van der Waals surface area (Å²) in [5.41, 5.74) is 5.62. The second-order valence-corrected chi connectivity index (χ2v) is 5.96. The van der Waals surface area contributed by atoms with E-state index in [9.17, 15) is 0 Å². The largest absolute Gasteiger partial charge is 0.313 e. The molecule has 0 saturated carbocycles. The summed E-state index contributed by atoms with van der Waals surface area (Å²) in [4.78, 5) is 0. The molecule has 0 amide bonds. The smallest absolute Gasteiger partial charge is 0.0340 e. The zero-order valence-corrected chi connectivity index (χ0v) is 12.9. The summed E-state index contributed by atoms with van der Waals surface area (Å²) in [5, 5.41) is 7.35. The summed E-state index contributed by atoms with van der Waals surface area (Å²) < 4.78 is 0. The predicted octanol–water partition coefficient (Wildman–Crippen LogP) is 3.88. The van der Waals surface area contributed by atoms with Crippen LogP contribution in [0.15, 0.2) is 48.5 Å². The van der Waals surface area contributed by atoms with Crippen molar-refractivity contribution < 1.29 is 0 Å². The molecular weight excluding hydrogens is 256 g/mol. The maximum absolute atomic E-state index is 3.83. The minimum absolute atomic E-state index is 0.363. The summed E-state index contributed by atoms with van der Waals surface area (Å²) in [7, 11) is 0. The van der Waals surface area contributed by atoms with Crippen molar-refractivity contribution in [2.75, 3.05) is 6.54 Å². The average Bonchev–Trinajstić information content (AvgIpc) is 2.70. The molecule has 0 spiro atoms. The number of nitrogens with one attached hydrogen (secondary N) is 2. The van der Waals surface area contributed by atoms with Gasteiger partial charge in [-0.05, 0) is 49.1 Å². The first-order chi connectivity index (χ1) is 10.3. The molecule has 1 aliphatic heterocycles. The molecule has 1 aliphatic rings. The summed E-state index contributed by atoms with van der Waals surface area (Å²) in [6, 6.07) is 18.2. The van der Waals surface area contributed by atoms with Gasteiger partial charge in [-0.15, -0.1) is 0 Å². The molecule has 0 fully saturated rings. The summed E-state index contributed by atoms with van der Waals surface area (Å²) in [6.07, 6.45) is 1.13. The molecular formula is C19H24N2. The Hall–Kier alpha value is -1.64. The molecule has 0 aromatic heterocycles. The van der Waals surface area contributed by atoms with Crippen molar-refractivity contribution >= 4 is 0 Å². The fraction of sp³-hybridized carbons (Fsp3) is 0.368. The number of benzene rings is 2. The van der Waals surface area contributed by atoms with Crippen LogP contribution in [0.1, 0.15) is 47.7 Å². The molecule has 2 nitrogen and oxygen atoms in total. The van der Waals surface area contributed by atoms with E-state index >= 15 is 0 Å². The highest BCUT2D eigenvalue weighted by Gasteiger charge is 2.20. The van der Waals surface area contributed by atoms with Crippen molar-refractivity contribution in [3.63, 3.8) is 0 Å². The van der Waals surface area contributed by atoms with Crippen LogP contribution in [0.3, 0.4) is 0 Å². The van der Waals surface area contributed by atoms with Gasteiger partial charge >= 0.3 is 0 Å². The van der Waals surface area contributed by atoms with Crippen LogP contribution in [-0.2, 0) is 6.54 Å². The normalized spacial score (nSPS) is 19.6. The Labute approximate surface area is 127 Å². The minimum Gasteiger partial charge on any atom is -0.313 e. The molecule has 0 bridgehead atoms. The van der Waals surface area contributed by atoms with Crippen LogP contribution in [0.4, 0.5) is 0 Å². The van der Waals surface area contributed by atoms with Gasteiger partial charge in [0.15, 0.2) is 0 Å². The van der Waals surface area contributed by atoms with Gasteiger partial charge in [-0.1, -0.05) is 48.5 Å². The van der Waals surface area contributed by atoms with Crippen LogP contribution < -0.4 is 10.6 Å². The van der Waals surface area contributed by atoms with Gasteiger partial charge in [0.1, 0.15) is 0 Å². The fourth-order valence-electron chi connectivity index (χ4n) is 3.30. The number of hydrogen-bond acceptors (Lipinski definition) is 2. The Morgan fingerprint density at radius 3 is 2.71 bits per heavy atom. The monoisotopic (exact) mass is 280 g/mol. The van der Waals surface area contributed by atoms with Gasteiger partial charge in [0, 0.05) is 18.6 Å². The lowest BCUT2D eigenvalue weighted by molar-refractivity contribution is 0.442. The second kappa shape index (κ2) is 6.42. The van der Waals surface area contributed by atoms with Crippen LogP contribution in [-0.4, -0.2) is 6.54 Å². The minimum atomic E-state index is 0.363. The number of hydrogen-bond donors (Lipinski definition) is 2. The van der Waals surface area contributed by atoms with Crippen molar-refractivity contribution in [2.24, 2.45) is 0 Å². The lowest BCUT2D eigenvalue weighted by Gasteiger charge is -2.25. The van der Waals surface area contributed by atoms with E-state index in [1.54, 1.807) is 0 Å². The summed E-state index contributed by atoms with van der Waals surface area (Å²) in [6.45, 7) is 6.50. The molecule has 2 atom stereocenters. The Balaban J connectivity index is 1.83.